The maximum atomic E-state index is 13.4. The summed E-state index contributed by atoms with van der Waals surface area (Å²) in [4.78, 5) is 25.3. The Bertz CT molecular complexity index is 1640. The SMILES string of the molecule is Cc1c(N)cccc1Nc1cc(S(=O)(=O)O)c(N)c2c1C(=O)c1cc(S(=O)(=O)O)ccc1C2=O. The average molecular weight is 504 g/mol. The molecule has 7 N–H and O–H groups in total. The molecule has 0 unspecified atom stereocenters. The third kappa shape index (κ3) is 3.70. The summed E-state index contributed by atoms with van der Waals surface area (Å²) in [7, 11) is -9.60. The molecule has 0 amide bonds. The lowest BCUT2D eigenvalue weighted by Crippen LogP contribution is -2.25. The molecular formula is C21H17N3O8S2. The van der Waals surface area contributed by atoms with Gasteiger partial charge in [0.2, 0.25) is 0 Å². The zero-order chi connectivity index (χ0) is 25.2. The number of benzene rings is 3. The number of hydrogen-bond donors (Lipinski definition) is 5. The number of fused-ring (bicyclic) bond motifs is 2. The van der Waals surface area contributed by atoms with Gasteiger partial charge >= 0.3 is 0 Å². The van der Waals surface area contributed by atoms with Crippen molar-refractivity contribution in [3.05, 3.63) is 70.3 Å². The molecule has 1 aliphatic carbocycles. The van der Waals surface area contributed by atoms with Crippen LogP contribution in [0.3, 0.4) is 0 Å². The van der Waals surface area contributed by atoms with Crippen molar-refractivity contribution >= 4 is 54.6 Å². The van der Waals surface area contributed by atoms with Gasteiger partial charge in [0.05, 0.1) is 27.4 Å². The fraction of sp³-hybridized carbons (Fsp3) is 0.0476. The first-order valence-corrected chi connectivity index (χ1v) is 12.4. The molecular weight excluding hydrogens is 486 g/mol. The van der Waals surface area contributed by atoms with E-state index in [-0.39, 0.29) is 22.4 Å². The van der Waals surface area contributed by atoms with E-state index in [2.05, 4.69) is 5.32 Å². The lowest BCUT2D eigenvalue weighted by Gasteiger charge is -2.24. The Morgan fingerprint density at radius 1 is 0.794 bits per heavy atom. The summed E-state index contributed by atoms with van der Waals surface area (Å²) < 4.78 is 66.1. The van der Waals surface area contributed by atoms with E-state index in [0.717, 1.165) is 24.3 Å². The van der Waals surface area contributed by atoms with E-state index in [4.69, 9.17) is 11.5 Å². The Morgan fingerprint density at radius 3 is 2.06 bits per heavy atom. The molecule has 0 saturated carbocycles. The molecule has 1 aliphatic rings. The fourth-order valence-corrected chi connectivity index (χ4v) is 4.88. The molecule has 0 fully saturated rings. The van der Waals surface area contributed by atoms with Crippen molar-refractivity contribution < 1.29 is 35.5 Å². The third-order valence-corrected chi connectivity index (χ3v) is 7.23. The van der Waals surface area contributed by atoms with Gasteiger partial charge in [0.1, 0.15) is 4.90 Å². The van der Waals surface area contributed by atoms with Crippen molar-refractivity contribution in [3.8, 4) is 0 Å². The number of carbonyl (C=O) groups is 2. The van der Waals surface area contributed by atoms with Crippen LogP contribution in [0.1, 0.15) is 37.4 Å². The maximum Gasteiger partial charge on any atom is 0.296 e. The highest BCUT2D eigenvalue weighted by molar-refractivity contribution is 7.86. The number of nitrogen functional groups attached to an aromatic ring is 2. The zero-order valence-electron chi connectivity index (χ0n) is 17.4. The Labute approximate surface area is 193 Å². The van der Waals surface area contributed by atoms with Gasteiger partial charge in [0.15, 0.2) is 11.6 Å². The fourth-order valence-electron chi connectivity index (χ4n) is 3.73. The van der Waals surface area contributed by atoms with Crippen molar-refractivity contribution in [1.82, 2.24) is 0 Å². The van der Waals surface area contributed by atoms with Crippen LogP contribution in [0.15, 0.2) is 52.3 Å². The molecule has 0 aromatic heterocycles. The molecule has 11 nitrogen and oxygen atoms in total. The summed E-state index contributed by atoms with van der Waals surface area (Å²) in [6.07, 6.45) is 0. The van der Waals surface area contributed by atoms with Gasteiger partial charge in [-0.25, -0.2) is 0 Å². The van der Waals surface area contributed by atoms with Crippen LogP contribution in [0.2, 0.25) is 0 Å². The van der Waals surface area contributed by atoms with E-state index in [1.165, 1.54) is 0 Å². The normalized spacial score (nSPS) is 13.4. The monoisotopic (exact) mass is 503 g/mol. The minimum Gasteiger partial charge on any atom is -0.398 e. The molecule has 0 bridgehead atoms. The molecule has 0 radical (unpaired) electrons. The number of nitrogens with one attached hydrogen (secondary N) is 1. The Morgan fingerprint density at radius 2 is 1.44 bits per heavy atom. The highest BCUT2D eigenvalue weighted by Gasteiger charge is 2.37. The van der Waals surface area contributed by atoms with Gasteiger partial charge in [-0.1, -0.05) is 6.07 Å². The molecule has 3 aromatic rings. The highest BCUT2D eigenvalue weighted by Crippen LogP contribution is 2.41. The summed E-state index contributed by atoms with van der Waals surface area (Å²) in [5.74, 6) is -1.73. The van der Waals surface area contributed by atoms with Gasteiger partial charge in [-0.05, 0) is 48.9 Å². The van der Waals surface area contributed by atoms with Crippen LogP contribution in [-0.4, -0.2) is 37.5 Å². The van der Waals surface area contributed by atoms with E-state index in [1.54, 1.807) is 25.1 Å². The quantitative estimate of drug-likeness (QED) is 0.201. The number of nitrogens with two attached hydrogens (primary N) is 2. The first kappa shape index (κ1) is 23.4. The second kappa shape index (κ2) is 7.63. The molecule has 3 aromatic carbocycles. The van der Waals surface area contributed by atoms with Crippen molar-refractivity contribution in [2.75, 3.05) is 16.8 Å². The van der Waals surface area contributed by atoms with Crippen LogP contribution in [0.4, 0.5) is 22.7 Å². The van der Waals surface area contributed by atoms with Crippen molar-refractivity contribution in [2.45, 2.75) is 16.7 Å². The molecule has 0 aliphatic heterocycles. The average Bonchev–Trinajstić information content (AvgIpc) is 2.74. The molecule has 34 heavy (non-hydrogen) atoms. The second-order valence-corrected chi connectivity index (χ2v) is 10.4. The third-order valence-electron chi connectivity index (χ3n) is 5.48. The predicted octanol–water partition coefficient (Wildman–Crippen LogP) is 2.17. The van der Waals surface area contributed by atoms with Gasteiger partial charge < -0.3 is 16.8 Å². The smallest absolute Gasteiger partial charge is 0.296 e. The minimum atomic E-state index is -4.91. The number of carbonyl (C=O) groups excluding carboxylic acids is 2. The van der Waals surface area contributed by atoms with Gasteiger partial charge in [0, 0.05) is 22.5 Å². The van der Waals surface area contributed by atoms with Gasteiger partial charge in [-0.3, -0.25) is 18.7 Å². The second-order valence-electron chi connectivity index (χ2n) is 7.55. The van der Waals surface area contributed by atoms with Crippen LogP contribution in [-0.2, 0) is 20.2 Å². The summed E-state index contributed by atoms with van der Waals surface area (Å²) in [5.41, 5.74) is 10.9. The van der Waals surface area contributed by atoms with Crippen molar-refractivity contribution in [3.63, 3.8) is 0 Å². The van der Waals surface area contributed by atoms with E-state index in [0.29, 0.717) is 16.9 Å². The zero-order valence-corrected chi connectivity index (χ0v) is 19.0. The van der Waals surface area contributed by atoms with E-state index >= 15 is 0 Å². The Balaban J connectivity index is 2.05. The van der Waals surface area contributed by atoms with Crippen LogP contribution in [0.25, 0.3) is 0 Å². The minimum absolute atomic E-state index is 0.188. The highest BCUT2D eigenvalue weighted by atomic mass is 32.2. The molecule has 0 saturated heterocycles. The molecule has 0 heterocycles. The van der Waals surface area contributed by atoms with Crippen LogP contribution >= 0.6 is 0 Å². The topological polar surface area (TPSA) is 207 Å². The summed E-state index contributed by atoms with van der Waals surface area (Å²) in [6.45, 7) is 1.66. The van der Waals surface area contributed by atoms with Crippen molar-refractivity contribution in [2.24, 2.45) is 0 Å². The molecule has 13 heteroatoms. The maximum absolute atomic E-state index is 13.4. The molecule has 4 rings (SSSR count). The predicted molar refractivity (Wildman–Crippen MR) is 123 cm³/mol. The summed E-state index contributed by atoms with van der Waals surface area (Å²) >= 11 is 0. The van der Waals surface area contributed by atoms with Gasteiger partial charge in [0.25, 0.3) is 20.2 Å². The van der Waals surface area contributed by atoms with E-state index in [1.807, 2.05) is 0 Å². The summed E-state index contributed by atoms with van der Waals surface area (Å²) in [6, 6.07) is 8.47. The Kier molecular flexibility index (Phi) is 5.25. The number of hydrogen-bond acceptors (Lipinski definition) is 9. The first-order chi connectivity index (χ1) is 15.7. The summed E-state index contributed by atoms with van der Waals surface area (Å²) in [5, 5.41) is 2.86. The molecule has 176 valence electrons. The van der Waals surface area contributed by atoms with E-state index < -0.39 is 52.8 Å². The lowest BCUT2D eigenvalue weighted by molar-refractivity contribution is 0.0980. The largest absolute Gasteiger partial charge is 0.398 e. The molecule has 0 spiro atoms. The van der Waals surface area contributed by atoms with Crippen LogP contribution in [0, 0.1) is 6.92 Å². The standard InChI is InChI=1S/C21H17N3O8S2/c1-9-13(22)3-2-4-14(9)24-15-8-16(34(30,31)32)19(23)18-17(15)21(26)12-7-10(33(27,28)29)5-6-11(12)20(18)25/h2-8,24H,22-23H2,1H3,(H,27,28,29)(H,30,31,32). The number of anilines is 4. The first-order valence-electron chi connectivity index (χ1n) is 9.49. The van der Waals surface area contributed by atoms with Gasteiger partial charge in [-0.15, -0.1) is 0 Å². The van der Waals surface area contributed by atoms with Crippen LogP contribution in [0.5, 0.6) is 0 Å². The van der Waals surface area contributed by atoms with Crippen LogP contribution < -0.4 is 16.8 Å². The van der Waals surface area contributed by atoms with Crippen molar-refractivity contribution in [1.29, 1.82) is 0 Å². The Hall–Kier alpha value is -3.78. The number of ketones is 2. The van der Waals surface area contributed by atoms with Gasteiger partial charge in [-0.2, -0.15) is 16.8 Å². The van der Waals surface area contributed by atoms with E-state index in [9.17, 15) is 35.5 Å². The lowest BCUT2D eigenvalue weighted by atomic mass is 9.82. The molecule has 0 atom stereocenters. The number of rotatable bonds is 4.